The highest BCUT2D eigenvalue weighted by molar-refractivity contribution is 6.43. The molecule has 2 amide bonds. The van der Waals surface area contributed by atoms with E-state index in [2.05, 4.69) is 15.7 Å². The molecule has 0 fully saturated rings. The Kier molecular flexibility index (Phi) is 5.68. The van der Waals surface area contributed by atoms with Crippen LogP contribution in [0.5, 0.6) is 0 Å². The van der Waals surface area contributed by atoms with Crippen LogP contribution in [-0.2, 0) is 15.8 Å². The lowest BCUT2D eigenvalue weighted by molar-refractivity contribution is -0.136. The number of alkyl halides is 3. The monoisotopic (exact) mass is 419 g/mol. The normalized spacial score (nSPS) is 16.6. The fraction of sp³-hybridized carbons (Fsp3) is 0.250. The molecule has 0 radical (unpaired) electrons. The highest BCUT2D eigenvalue weighted by Crippen LogP contribution is 2.37. The van der Waals surface area contributed by atoms with Crippen molar-refractivity contribution in [2.75, 3.05) is 29.3 Å². The van der Waals surface area contributed by atoms with E-state index in [0.717, 1.165) is 11.1 Å². The zero-order chi connectivity index (χ0) is 22.1. The summed E-state index contributed by atoms with van der Waals surface area (Å²) in [6, 6.07) is 11.2. The fourth-order valence-electron chi connectivity index (χ4n) is 2.84. The van der Waals surface area contributed by atoms with Gasteiger partial charge in [-0.3, -0.25) is 15.0 Å². The smallest absolute Gasteiger partial charge is 0.378 e. The summed E-state index contributed by atoms with van der Waals surface area (Å²) in [4.78, 5) is 30.6. The first kappa shape index (κ1) is 21.2. The number of anilines is 3. The fourth-order valence-corrected chi connectivity index (χ4v) is 2.84. The summed E-state index contributed by atoms with van der Waals surface area (Å²) in [5, 5.41) is 3.40. The maximum atomic E-state index is 13.5. The van der Waals surface area contributed by atoms with E-state index in [9.17, 15) is 22.8 Å². The van der Waals surface area contributed by atoms with E-state index < -0.39 is 35.3 Å². The van der Waals surface area contributed by atoms with Crippen LogP contribution in [-0.4, -0.2) is 37.8 Å². The lowest BCUT2D eigenvalue weighted by atomic mass is 10.1. The van der Waals surface area contributed by atoms with Crippen molar-refractivity contribution in [3.63, 3.8) is 0 Å². The van der Waals surface area contributed by atoms with Crippen LogP contribution in [0.3, 0.4) is 0 Å². The minimum atomic E-state index is -4.67. The molecule has 0 spiro atoms. The number of hydrogen-bond donors (Lipinski definition) is 2. The van der Waals surface area contributed by atoms with Crippen LogP contribution in [0.2, 0.25) is 0 Å². The number of nitrogens with one attached hydrogen (secondary N) is 2. The first-order valence-corrected chi connectivity index (χ1v) is 9.01. The molecule has 2 aromatic carbocycles. The van der Waals surface area contributed by atoms with Gasteiger partial charge in [0.05, 0.1) is 16.9 Å². The van der Waals surface area contributed by atoms with E-state index in [1.54, 1.807) is 44.4 Å². The number of halogens is 3. The highest BCUT2D eigenvalue weighted by atomic mass is 19.4. The number of amidine groups is 1. The lowest BCUT2D eigenvalue weighted by Crippen LogP contribution is -2.57. The van der Waals surface area contributed by atoms with Gasteiger partial charge in [0.2, 0.25) is 5.84 Å². The van der Waals surface area contributed by atoms with Crippen LogP contribution in [0.25, 0.3) is 0 Å². The average molecular weight is 419 g/mol. The molecule has 0 bridgehead atoms. The number of hydrogen-bond acceptors (Lipinski definition) is 5. The molecular weight excluding hydrogens is 399 g/mol. The van der Waals surface area contributed by atoms with Crippen LogP contribution < -0.4 is 20.7 Å². The van der Waals surface area contributed by atoms with Gasteiger partial charge in [-0.15, -0.1) is 0 Å². The maximum absolute atomic E-state index is 13.5. The average Bonchev–Trinajstić information content (AvgIpc) is 2.69. The number of para-hydroxylation sites is 1. The van der Waals surface area contributed by atoms with Crippen molar-refractivity contribution in [1.29, 1.82) is 0 Å². The largest absolute Gasteiger partial charge is 0.418 e. The summed E-state index contributed by atoms with van der Waals surface area (Å²) >= 11 is 0. The minimum absolute atomic E-state index is 0.268. The molecule has 0 saturated carbocycles. The molecule has 30 heavy (non-hydrogen) atoms. The number of rotatable bonds is 4. The third-order valence-corrected chi connectivity index (χ3v) is 4.42. The summed E-state index contributed by atoms with van der Waals surface area (Å²) in [5.74, 6) is -1.56. The van der Waals surface area contributed by atoms with Gasteiger partial charge in [-0.25, -0.2) is 10.0 Å². The van der Waals surface area contributed by atoms with E-state index in [4.69, 9.17) is 0 Å². The van der Waals surface area contributed by atoms with E-state index in [1.807, 2.05) is 0 Å². The Morgan fingerprint density at radius 1 is 1.17 bits per heavy atom. The molecule has 0 aliphatic carbocycles. The molecule has 2 N–H and O–H groups in total. The molecule has 1 aliphatic rings. The quantitative estimate of drug-likeness (QED) is 0.799. The molecule has 10 heteroatoms. The van der Waals surface area contributed by atoms with Crippen molar-refractivity contribution in [2.24, 2.45) is 4.99 Å². The molecule has 0 saturated heterocycles. The number of amides is 2. The van der Waals surface area contributed by atoms with Gasteiger partial charge in [0.25, 0.3) is 11.8 Å². The SMILES string of the molecule is C[C@H]1N=C(C(=O)Nc2ccc(N(C)C)cc2C(F)(F)F)NN(c2ccccc2)C1=O. The van der Waals surface area contributed by atoms with Crippen molar-refractivity contribution in [2.45, 2.75) is 19.1 Å². The predicted molar refractivity (Wildman–Crippen MR) is 108 cm³/mol. The molecule has 0 aromatic heterocycles. The Morgan fingerprint density at radius 2 is 1.83 bits per heavy atom. The van der Waals surface area contributed by atoms with Crippen LogP contribution in [0.4, 0.5) is 30.2 Å². The van der Waals surface area contributed by atoms with E-state index in [1.165, 1.54) is 24.0 Å². The molecule has 7 nitrogen and oxygen atoms in total. The molecular formula is C20H20F3N5O2. The Balaban J connectivity index is 1.89. The van der Waals surface area contributed by atoms with Gasteiger partial charge in [0.15, 0.2) is 0 Å². The highest BCUT2D eigenvalue weighted by Gasteiger charge is 2.36. The number of nitrogens with zero attached hydrogens (tertiary/aromatic N) is 3. The second-order valence-corrected chi connectivity index (χ2v) is 6.85. The summed E-state index contributed by atoms with van der Waals surface area (Å²) in [6.07, 6.45) is -4.67. The summed E-state index contributed by atoms with van der Waals surface area (Å²) < 4.78 is 40.5. The van der Waals surface area contributed by atoms with Gasteiger partial charge < -0.3 is 10.2 Å². The Labute approximate surface area is 171 Å². The zero-order valence-corrected chi connectivity index (χ0v) is 16.5. The number of benzene rings is 2. The van der Waals surface area contributed by atoms with Crippen molar-refractivity contribution in [3.8, 4) is 0 Å². The summed E-state index contributed by atoms with van der Waals surface area (Å²) in [7, 11) is 3.23. The molecule has 1 heterocycles. The van der Waals surface area contributed by atoms with Crippen LogP contribution in [0, 0.1) is 0 Å². The van der Waals surface area contributed by atoms with Gasteiger partial charge in [-0.05, 0) is 37.3 Å². The Bertz CT molecular complexity index is 990. The summed E-state index contributed by atoms with van der Waals surface area (Å²) in [6.45, 7) is 1.50. The predicted octanol–water partition coefficient (Wildman–Crippen LogP) is 3.05. The van der Waals surface area contributed by atoms with Crippen molar-refractivity contribution in [3.05, 3.63) is 54.1 Å². The van der Waals surface area contributed by atoms with E-state index in [0.29, 0.717) is 11.4 Å². The first-order chi connectivity index (χ1) is 14.1. The number of carbonyl (C=O) groups excluding carboxylic acids is 2. The van der Waals surface area contributed by atoms with Gasteiger partial charge in [0.1, 0.15) is 6.04 Å². The second kappa shape index (κ2) is 8.05. The van der Waals surface area contributed by atoms with Crippen LogP contribution in [0.1, 0.15) is 12.5 Å². The van der Waals surface area contributed by atoms with Gasteiger partial charge in [0, 0.05) is 19.8 Å². The Hall–Kier alpha value is -3.56. The van der Waals surface area contributed by atoms with Crippen molar-refractivity contribution in [1.82, 2.24) is 5.43 Å². The topological polar surface area (TPSA) is 77.0 Å². The van der Waals surface area contributed by atoms with E-state index in [-0.39, 0.29) is 5.84 Å². The third kappa shape index (κ3) is 4.37. The molecule has 1 atom stereocenters. The first-order valence-electron chi connectivity index (χ1n) is 9.01. The number of aliphatic imine (C=N–C) groups is 1. The van der Waals surface area contributed by atoms with Gasteiger partial charge >= 0.3 is 6.18 Å². The lowest BCUT2D eigenvalue weighted by Gasteiger charge is -2.30. The summed E-state index contributed by atoms with van der Waals surface area (Å²) in [5.41, 5.74) is 2.01. The molecule has 158 valence electrons. The van der Waals surface area contributed by atoms with Gasteiger partial charge in [-0.2, -0.15) is 13.2 Å². The van der Waals surface area contributed by atoms with Crippen LogP contribution in [0.15, 0.2) is 53.5 Å². The number of hydrazine groups is 1. The standard InChI is InChI=1S/C20H20F3N5O2/c1-12-19(30)28(13-7-5-4-6-8-13)26-17(24-12)18(29)25-16-10-9-14(27(2)3)11-15(16)20(21,22)23/h4-12H,1-3H3,(H,24,26)(H,25,29)/t12-/m1/s1. The van der Waals surface area contributed by atoms with Crippen molar-refractivity contribution >= 4 is 34.7 Å². The second-order valence-electron chi connectivity index (χ2n) is 6.85. The van der Waals surface area contributed by atoms with E-state index >= 15 is 0 Å². The number of carbonyl (C=O) groups is 2. The maximum Gasteiger partial charge on any atom is 0.418 e. The molecule has 2 aromatic rings. The molecule has 0 unspecified atom stereocenters. The molecule has 3 rings (SSSR count). The minimum Gasteiger partial charge on any atom is -0.378 e. The van der Waals surface area contributed by atoms with Crippen molar-refractivity contribution < 1.29 is 22.8 Å². The zero-order valence-electron chi connectivity index (χ0n) is 16.5. The molecule has 1 aliphatic heterocycles. The van der Waals surface area contributed by atoms with Gasteiger partial charge in [-0.1, -0.05) is 18.2 Å². The van der Waals surface area contributed by atoms with Crippen LogP contribution >= 0.6 is 0 Å². The third-order valence-electron chi connectivity index (χ3n) is 4.42. The Morgan fingerprint density at radius 3 is 2.43 bits per heavy atom.